The van der Waals surface area contributed by atoms with Crippen molar-refractivity contribution in [2.45, 2.75) is 25.5 Å². The van der Waals surface area contributed by atoms with Gasteiger partial charge in [-0.25, -0.2) is 0 Å². The zero-order valence-electron chi connectivity index (χ0n) is 8.90. The van der Waals surface area contributed by atoms with Gasteiger partial charge < -0.3 is 10.2 Å². The molecule has 0 fully saturated rings. The normalized spacial score (nSPS) is 13.4. The van der Waals surface area contributed by atoms with E-state index in [1.54, 1.807) is 6.26 Å². The number of rotatable bonds is 6. The molecule has 1 atom stereocenters. The lowest BCUT2D eigenvalue weighted by molar-refractivity contribution is 0.506. The van der Waals surface area contributed by atoms with Gasteiger partial charge in [-0.05, 0) is 30.2 Å². The van der Waals surface area contributed by atoms with Crippen LogP contribution in [0.1, 0.15) is 31.3 Å². The summed E-state index contributed by atoms with van der Waals surface area (Å²) in [5, 5.41) is 0.323. The van der Waals surface area contributed by atoms with Crippen LogP contribution in [0.25, 0.3) is 0 Å². The van der Waals surface area contributed by atoms with E-state index in [0.717, 1.165) is 17.4 Å². The standard InChI is InChI=1S/C11H19NOS/c1-9(2)5-7-14-11(8-12)10-4-3-6-13-10/h3-4,6,9,11H,5,7-8,12H2,1-2H3. The first-order valence-corrected chi connectivity index (χ1v) is 6.14. The summed E-state index contributed by atoms with van der Waals surface area (Å²) >= 11 is 1.89. The smallest absolute Gasteiger partial charge is 0.118 e. The van der Waals surface area contributed by atoms with Crippen molar-refractivity contribution < 1.29 is 4.42 Å². The molecular weight excluding hydrogens is 194 g/mol. The molecule has 2 nitrogen and oxygen atoms in total. The predicted molar refractivity (Wildman–Crippen MR) is 62.4 cm³/mol. The van der Waals surface area contributed by atoms with Crippen LogP contribution in [-0.2, 0) is 0 Å². The first-order chi connectivity index (χ1) is 6.74. The minimum Gasteiger partial charge on any atom is -0.468 e. The molecule has 80 valence electrons. The summed E-state index contributed by atoms with van der Waals surface area (Å²) in [4.78, 5) is 0. The molecule has 0 aliphatic carbocycles. The second-order valence-corrected chi connectivity index (χ2v) is 5.10. The van der Waals surface area contributed by atoms with Gasteiger partial charge in [0.1, 0.15) is 5.76 Å². The van der Waals surface area contributed by atoms with Crippen LogP contribution in [0.5, 0.6) is 0 Å². The fourth-order valence-electron chi connectivity index (χ4n) is 1.19. The Kier molecular flexibility index (Phi) is 5.12. The Labute approximate surface area is 90.2 Å². The summed E-state index contributed by atoms with van der Waals surface area (Å²) in [6, 6.07) is 3.92. The minimum atomic E-state index is 0.323. The summed E-state index contributed by atoms with van der Waals surface area (Å²) < 4.78 is 5.34. The van der Waals surface area contributed by atoms with E-state index in [4.69, 9.17) is 10.2 Å². The molecule has 0 amide bonds. The molecule has 2 N–H and O–H groups in total. The zero-order valence-corrected chi connectivity index (χ0v) is 9.72. The van der Waals surface area contributed by atoms with E-state index in [9.17, 15) is 0 Å². The maximum absolute atomic E-state index is 5.70. The lowest BCUT2D eigenvalue weighted by Gasteiger charge is -2.12. The van der Waals surface area contributed by atoms with E-state index in [0.29, 0.717) is 11.8 Å². The van der Waals surface area contributed by atoms with Crippen molar-refractivity contribution in [3.8, 4) is 0 Å². The van der Waals surface area contributed by atoms with E-state index in [2.05, 4.69) is 13.8 Å². The molecular formula is C11H19NOS. The van der Waals surface area contributed by atoms with Crippen molar-refractivity contribution in [1.29, 1.82) is 0 Å². The first kappa shape index (κ1) is 11.7. The van der Waals surface area contributed by atoms with E-state index in [1.807, 2.05) is 23.9 Å². The van der Waals surface area contributed by atoms with Crippen LogP contribution in [0.4, 0.5) is 0 Å². The number of furan rings is 1. The number of hydrogen-bond acceptors (Lipinski definition) is 3. The average molecular weight is 213 g/mol. The third kappa shape index (κ3) is 3.76. The van der Waals surface area contributed by atoms with Crippen LogP contribution >= 0.6 is 11.8 Å². The summed E-state index contributed by atoms with van der Waals surface area (Å²) in [6.07, 6.45) is 2.95. The average Bonchev–Trinajstić information content (AvgIpc) is 2.64. The Morgan fingerprint density at radius 1 is 1.50 bits per heavy atom. The van der Waals surface area contributed by atoms with Crippen LogP contribution < -0.4 is 5.73 Å². The van der Waals surface area contributed by atoms with Gasteiger partial charge in [0.05, 0.1) is 11.5 Å². The zero-order chi connectivity index (χ0) is 10.4. The highest BCUT2D eigenvalue weighted by atomic mass is 32.2. The Morgan fingerprint density at radius 2 is 2.29 bits per heavy atom. The fraction of sp³-hybridized carbons (Fsp3) is 0.636. The van der Waals surface area contributed by atoms with Gasteiger partial charge in [-0.3, -0.25) is 0 Å². The quantitative estimate of drug-likeness (QED) is 0.789. The molecule has 0 aromatic carbocycles. The van der Waals surface area contributed by atoms with E-state index in [-0.39, 0.29) is 0 Å². The molecule has 0 saturated heterocycles. The van der Waals surface area contributed by atoms with E-state index < -0.39 is 0 Å². The molecule has 1 aromatic heterocycles. The van der Waals surface area contributed by atoms with Gasteiger partial charge in [0.25, 0.3) is 0 Å². The van der Waals surface area contributed by atoms with E-state index in [1.165, 1.54) is 6.42 Å². The lowest BCUT2D eigenvalue weighted by atomic mass is 10.2. The summed E-state index contributed by atoms with van der Waals surface area (Å²) in [7, 11) is 0. The van der Waals surface area contributed by atoms with Crippen LogP contribution in [0, 0.1) is 5.92 Å². The highest BCUT2D eigenvalue weighted by Gasteiger charge is 2.12. The second kappa shape index (κ2) is 6.14. The van der Waals surface area contributed by atoms with Crippen LogP contribution in [0.2, 0.25) is 0 Å². The van der Waals surface area contributed by atoms with Gasteiger partial charge in [0.2, 0.25) is 0 Å². The Bertz CT molecular complexity index is 233. The molecule has 0 bridgehead atoms. The largest absolute Gasteiger partial charge is 0.468 e. The second-order valence-electron chi connectivity index (χ2n) is 3.79. The third-order valence-corrected chi connectivity index (χ3v) is 3.39. The third-order valence-electron chi connectivity index (χ3n) is 2.09. The van der Waals surface area contributed by atoms with E-state index >= 15 is 0 Å². The maximum Gasteiger partial charge on any atom is 0.118 e. The molecule has 0 saturated carbocycles. The Morgan fingerprint density at radius 3 is 2.79 bits per heavy atom. The van der Waals surface area contributed by atoms with Crippen molar-refractivity contribution in [2.75, 3.05) is 12.3 Å². The predicted octanol–water partition coefficient (Wildman–Crippen LogP) is 3.06. The van der Waals surface area contributed by atoms with Gasteiger partial charge in [-0.15, -0.1) is 11.8 Å². The van der Waals surface area contributed by atoms with Crippen LogP contribution in [0.3, 0.4) is 0 Å². The highest BCUT2D eigenvalue weighted by Crippen LogP contribution is 2.29. The molecule has 0 aliphatic rings. The molecule has 1 unspecified atom stereocenters. The molecule has 1 heterocycles. The first-order valence-electron chi connectivity index (χ1n) is 5.09. The molecule has 14 heavy (non-hydrogen) atoms. The molecule has 1 aromatic rings. The van der Waals surface area contributed by atoms with Crippen LogP contribution in [0.15, 0.2) is 22.8 Å². The van der Waals surface area contributed by atoms with Crippen molar-refractivity contribution in [3.05, 3.63) is 24.2 Å². The van der Waals surface area contributed by atoms with Gasteiger partial charge in [0.15, 0.2) is 0 Å². The van der Waals surface area contributed by atoms with Gasteiger partial charge >= 0.3 is 0 Å². The molecule has 0 spiro atoms. The van der Waals surface area contributed by atoms with Gasteiger partial charge in [0, 0.05) is 6.54 Å². The summed E-state index contributed by atoms with van der Waals surface area (Å²) in [6.45, 7) is 5.13. The maximum atomic E-state index is 5.70. The van der Waals surface area contributed by atoms with Crippen molar-refractivity contribution in [1.82, 2.24) is 0 Å². The Hall–Kier alpha value is -0.410. The number of nitrogens with two attached hydrogens (primary N) is 1. The van der Waals surface area contributed by atoms with Crippen molar-refractivity contribution >= 4 is 11.8 Å². The SMILES string of the molecule is CC(C)CCSC(CN)c1ccco1. The minimum absolute atomic E-state index is 0.323. The van der Waals surface area contributed by atoms with Gasteiger partial charge in [-0.1, -0.05) is 13.8 Å². The number of hydrogen-bond donors (Lipinski definition) is 1. The van der Waals surface area contributed by atoms with Gasteiger partial charge in [-0.2, -0.15) is 0 Å². The van der Waals surface area contributed by atoms with Crippen LogP contribution in [-0.4, -0.2) is 12.3 Å². The number of thioether (sulfide) groups is 1. The molecule has 3 heteroatoms. The summed E-state index contributed by atoms with van der Waals surface area (Å²) in [5.41, 5.74) is 5.70. The molecule has 0 radical (unpaired) electrons. The van der Waals surface area contributed by atoms with Crippen molar-refractivity contribution in [3.63, 3.8) is 0 Å². The topological polar surface area (TPSA) is 39.2 Å². The van der Waals surface area contributed by atoms with Crippen molar-refractivity contribution in [2.24, 2.45) is 11.7 Å². The molecule has 0 aliphatic heterocycles. The molecule has 1 rings (SSSR count). The monoisotopic (exact) mass is 213 g/mol. The lowest BCUT2D eigenvalue weighted by Crippen LogP contribution is -2.09. The highest BCUT2D eigenvalue weighted by molar-refractivity contribution is 7.99. The Balaban J connectivity index is 2.33. The fourth-order valence-corrected chi connectivity index (χ4v) is 2.51. The summed E-state index contributed by atoms with van der Waals surface area (Å²) in [5.74, 6) is 2.92.